The SMILES string of the molecule is [CH2-][NH+]1CC[C@](O)(CC)[C@@H](O)C1. The van der Waals surface area contributed by atoms with E-state index in [4.69, 9.17) is 0 Å². The summed E-state index contributed by atoms with van der Waals surface area (Å²) in [5.41, 5.74) is -0.846. The minimum Gasteiger partial charge on any atom is -0.466 e. The van der Waals surface area contributed by atoms with Gasteiger partial charge in [-0.2, -0.15) is 7.05 Å². The van der Waals surface area contributed by atoms with Crippen molar-refractivity contribution in [3.05, 3.63) is 7.05 Å². The van der Waals surface area contributed by atoms with Gasteiger partial charge in [-0.05, 0) is 6.42 Å². The Balaban J connectivity index is 2.56. The third-order valence-electron chi connectivity index (χ3n) is 2.63. The van der Waals surface area contributed by atoms with E-state index in [1.54, 1.807) is 0 Å². The van der Waals surface area contributed by atoms with Crippen LogP contribution in [-0.2, 0) is 0 Å². The molecule has 0 aromatic carbocycles. The van der Waals surface area contributed by atoms with E-state index in [9.17, 15) is 10.2 Å². The van der Waals surface area contributed by atoms with Gasteiger partial charge in [0.25, 0.3) is 0 Å². The van der Waals surface area contributed by atoms with Crippen LogP contribution in [0.15, 0.2) is 0 Å². The van der Waals surface area contributed by atoms with E-state index >= 15 is 0 Å². The molecule has 0 aromatic heterocycles. The number of piperidine rings is 1. The summed E-state index contributed by atoms with van der Waals surface area (Å²) < 4.78 is 0. The van der Waals surface area contributed by atoms with E-state index in [1.807, 2.05) is 6.92 Å². The number of hydrogen-bond acceptors (Lipinski definition) is 2. The Morgan fingerprint density at radius 1 is 1.73 bits per heavy atom. The topological polar surface area (TPSA) is 44.9 Å². The van der Waals surface area contributed by atoms with Crippen LogP contribution in [0.25, 0.3) is 0 Å². The first-order chi connectivity index (χ1) is 5.08. The Bertz CT molecular complexity index is 140. The van der Waals surface area contributed by atoms with Crippen LogP contribution in [-0.4, -0.2) is 35.0 Å². The predicted octanol–water partition coefficient (Wildman–Crippen LogP) is -1.43. The second kappa shape index (κ2) is 3.09. The van der Waals surface area contributed by atoms with Crippen molar-refractivity contribution in [1.29, 1.82) is 0 Å². The first-order valence-corrected chi connectivity index (χ1v) is 4.15. The zero-order valence-corrected chi connectivity index (χ0v) is 7.01. The molecular weight excluding hydrogens is 142 g/mol. The molecular formula is C8H17NO2. The van der Waals surface area contributed by atoms with Gasteiger partial charge in [0.2, 0.25) is 0 Å². The molecule has 11 heavy (non-hydrogen) atoms. The molecule has 0 bridgehead atoms. The van der Waals surface area contributed by atoms with E-state index in [0.29, 0.717) is 19.4 Å². The van der Waals surface area contributed by atoms with Crippen molar-refractivity contribution in [3.63, 3.8) is 0 Å². The lowest BCUT2D eigenvalue weighted by Gasteiger charge is -2.40. The van der Waals surface area contributed by atoms with Crippen LogP contribution in [0.2, 0.25) is 0 Å². The van der Waals surface area contributed by atoms with Crippen molar-refractivity contribution in [3.8, 4) is 0 Å². The van der Waals surface area contributed by atoms with E-state index in [0.717, 1.165) is 11.4 Å². The molecule has 3 N–H and O–H groups in total. The minimum atomic E-state index is -0.846. The number of rotatable bonds is 1. The van der Waals surface area contributed by atoms with Crippen LogP contribution in [0, 0.1) is 7.05 Å². The molecule has 3 heteroatoms. The average molecular weight is 159 g/mol. The molecule has 0 aliphatic carbocycles. The second-order valence-electron chi connectivity index (χ2n) is 3.43. The van der Waals surface area contributed by atoms with Gasteiger partial charge in [0, 0.05) is 6.42 Å². The van der Waals surface area contributed by atoms with Crippen molar-refractivity contribution in [2.24, 2.45) is 0 Å². The molecule has 1 aliphatic heterocycles. The van der Waals surface area contributed by atoms with Gasteiger partial charge in [0.15, 0.2) is 0 Å². The summed E-state index contributed by atoms with van der Waals surface area (Å²) in [6, 6.07) is 0. The van der Waals surface area contributed by atoms with Gasteiger partial charge in [-0.15, -0.1) is 0 Å². The van der Waals surface area contributed by atoms with E-state index in [2.05, 4.69) is 7.05 Å². The van der Waals surface area contributed by atoms with Crippen LogP contribution >= 0.6 is 0 Å². The molecule has 0 aromatic rings. The molecule has 3 atom stereocenters. The standard InChI is InChI=1S/C8H17NO2/c1-3-8(11)4-5-9(2)6-7(8)10/h7,9-11H,2-6H2,1H3/t7-,8+/m0/s1. The van der Waals surface area contributed by atoms with E-state index in [1.165, 1.54) is 0 Å². The van der Waals surface area contributed by atoms with Crippen molar-refractivity contribution in [2.75, 3.05) is 13.1 Å². The third-order valence-corrected chi connectivity index (χ3v) is 2.63. The molecule has 3 nitrogen and oxygen atoms in total. The quantitative estimate of drug-likeness (QED) is 0.411. The zero-order valence-electron chi connectivity index (χ0n) is 7.01. The molecule has 1 unspecified atom stereocenters. The van der Waals surface area contributed by atoms with Crippen LogP contribution in [0.1, 0.15) is 19.8 Å². The van der Waals surface area contributed by atoms with Crippen molar-refractivity contribution in [2.45, 2.75) is 31.5 Å². The lowest BCUT2D eigenvalue weighted by atomic mass is 9.86. The summed E-state index contributed by atoms with van der Waals surface area (Å²) in [6.07, 6.45) is 0.680. The summed E-state index contributed by atoms with van der Waals surface area (Å²) in [7, 11) is 3.79. The number of nitrogens with one attached hydrogen (secondary N) is 1. The first-order valence-electron chi connectivity index (χ1n) is 4.15. The molecule has 0 saturated carbocycles. The Hall–Kier alpha value is -0.120. The fourth-order valence-electron chi connectivity index (χ4n) is 1.54. The normalized spacial score (nSPS) is 45.8. The molecule has 1 fully saturated rings. The van der Waals surface area contributed by atoms with Gasteiger partial charge in [-0.25, -0.2) is 0 Å². The van der Waals surface area contributed by atoms with Crippen LogP contribution in [0.4, 0.5) is 0 Å². The molecule has 0 spiro atoms. The Labute approximate surface area is 67.6 Å². The van der Waals surface area contributed by atoms with Gasteiger partial charge in [0.05, 0.1) is 13.1 Å². The number of aliphatic hydroxyl groups excluding tert-OH is 1. The summed E-state index contributed by atoms with van der Waals surface area (Å²) in [5, 5.41) is 19.3. The Kier molecular flexibility index (Phi) is 2.52. The Morgan fingerprint density at radius 2 is 2.36 bits per heavy atom. The van der Waals surface area contributed by atoms with Gasteiger partial charge in [0.1, 0.15) is 11.7 Å². The smallest absolute Gasteiger partial charge is 0.129 e. The van der Waals surface area contributed by atoms with Crippen LogP contribution < -0.4 is 4.90 Å². The Morgan fingerprint density at radius 3 is 2.82 bits per heavy atom. The minimum absolute atomic E-state index is 0.560. The van der Waals surface area contributed by atoms with Crippen LogP contribution in [0.3, 0.4) is 0 Å². The number of aliphatic hydroxyl groups is 2. The van der Waals surface area contributed by atoms with Gasteiger partial charge in [-0.1, -0.05) is 6.92 Å². The third kappa shape index (κ3) is 1.72. The lowest BCUT2D eigenvalue weighted by Crippen LogP contribution is -3.10. The highest BCUT2D eigenvalue weighted by atomic mass is 16.3. The van der Waals surface area contributed by atoms with Crippen molar-refractivity contribution < 1.29 is 15.1 Å². The van der Waals surface area contributed by atoms with Crippen LogP contribution in [0.5, 0.6) is 0 Å². The fraction of sp³-hybridized carbons (Fsp3) is 0.875. The maximum Gasteiger partial charge on any atom is 0.129 e. The molecule has 1 rings (SSSR count). The van der Waals surface area contributed by atoms with Gasteiger partial charge >= 0.3 is 0 Å². The van der Waals surface area contributed by atoms with Crippen molar-refractivity contribution >= 4 is 0 Å². The molecule has 1 heterocycles. The first kappa shape index (κ1) is 8.97. The molecule has 1 saturated heterocycles. The highest BCUT2D eigenvalue weighted by Gasteiger charge is 2.38. The number of hydrogen-bond donors (Lipinski definition) is 3. The van der Waals surface area contributed by atoms with Gasteiger partial charge in [-0.3, -0.25) is 0 Å². The summed E-state index contributed by atoms with van der Waals surface area (Å²) in [4.78, 5) is 1.05. The highest BCUT2D eigenvalue weighted by Crippen LogP contribution is 2.20. The zero-order chi connectivity index (χ0) is 8.48. The molecule has 66 valence electrons. The molecule has 0 radical (unpaired) electrons. The van der Waals surface area contributed by atoms with Crippen molar-refractivity contribution in [1.82, 2.24) is 0 Å². The molecule has 1 aliphatic rings. The number of likely N-dealkylation sites (tertiary alicyclic amines) is 1. The maximum absolute atomic E-state index is 9.78. The van der Waals surface area contributed by atoms with E-state index in [-0.39, 0.29) is 0 Å². The van der Waals surface area contributed by atoms with E-state index < -0.39 is 11.7 Å². The second-order valence-corrected chi connectivity index (χ2v) is 3.43. The maximum atomic E-state index is 9.78. The monoisotopic (exact) mass is 159 g/mol. The average Bonchev–Trinajstić information content (AvgIpc) is 1.98. The molecule has 0 amide bonds. The summed E-state index contributed by atoms with van der Waals surface area (Å²) >= 11 is 0. The summed E-state index contributed by atoms with van der Waals surface area (Å²) in [5.74, 6) is 0. The highest BCUT2D eigenvalue weighted by molar-refractivity contribution is 4.86. The number of quaternary nitrogens is 1. The lowest BCUT2D eigenvalue weighted by molar-refractivity contribution is -0.866. The summed E-state index contributed by atoms with van der Waals surface area (Å²) in [6.45, 7) is 3.31. The fourth-order valence-corrected chi connectivity index (χ4v) is 1.54. The largest absolute Gasteiger partial charge is 0.466 e. The van der Waals surface area contributed by atoms with Gasteiger partial charge < -0.3 is 15.1 Å². The predicted molar refractivity (Wildman–Crippen MR) is 41.9 cm³/mol.